The number of H-pyrrole nitrogens is 1. The summed E-state index contributed by atoms with van der Waals surface area (Å²) in [5, 5.41) is 26.5. The summed E-state index contributed by atoms with van der Waals surface area (Å²) in [4.78, 5) is 109. The second-order valence-electron chi connectivity index (χ2n) is 17.0. The molecule has 3 aromatic carbocycles. The largest absolute Gasteiger partial charge is 0.481 e. The van der Waals surface area contributed by atoms with Crippen LogP contribution in [0.25, 0.3) is 10.9 Å². The third-order valence-electron chi connectivity index (χ3n) is 11.6. The quantitative estimate of drug-likeness (QED) is 0.0396. The zero-order chi connectivity index (χ0) is 51.0. The molecule has 5 rings (SSSR count). The normalized spacial score (nSPS) is 16.6. The number of thioether (sulfide) groups is 1. The monoisotopic (exact) mass is 1010 g/mol. The minimum Gasteiger partial charge on any atom is -0.481 e. The SMILES string of the molecule is CSCC[C@H](NC(=O)[C@H](Cc1c[nH]c2ccccc12)NC(=O)C[C@H]1CCC[C@@H]1NC(=O)[C@H](Cc1ccc(OS(=O)(=O)O)cc1)NC(C)=O)C(=O)N[C@@H](CC(=O)O)C(=O)N[C@@H](Cc1ccccc1)C(N)=O. The van der Waals surface area contributed by atoms with Crippen LogP contribution in [0.2, 0.25) is 0 Å². The third kappa shape index (κ3) is 16.9. The Morgan fingerprint density at radius 2 is 1.34 bits per heavy atom. The number of para-hydroxylation sites is 1. The van der Waals surface area contributed by atoms with Gasteiger partial charge in [-0.15, -0.1) is 0 Å². The van der Waals surface area contributed by atoms with Crippen molar-refractivity contribution in [3.05, 3.63) is 102 Å². The summed E-state index contributed by atoms with van der Waals surface area (Å²) >= 11 is 1.36. The second kappa shape index (κ2) is 25.6. The predicted octanol–water partition coefficient (Wildman–Crippen LogP) is 1.21. The summed E-state index contributed by atoms with van der Waals surface area (Å²) in [5.41, 5.74) is 8.23. The molecule has 1 heterocycles. The Morgan fingerprint density at radius 1 is 0.743 bits per heavy atom. The van der Waals surface area contributed by atoms with Gasteiger partial charge in [-0.25, -0.2) is 0 Å². The van der Waals surface area contributed by atoms with Gasteiger partial charge < -0.3 is 51.9 Å². The van der Waals surface area contributed by atoms with Gasteiger partial charge in [0.15, 0.2) is 0 Å². The number of aromatic nitrogens is 1. The highest BCUT2D eigenvalue weighted by Crippen LogP contribution is 2.29. The van der Waals surface area contributed by atoms with E-state index in [0.29, 0.717) is 41.7 Å². The number of carboxylic acids is 1. The number of rotatable bonds is 26. The molecule has 70 heavy (non-hydrogen) atoms. The van der Waals surface area contributed by atoms with Gasteiger partial charge in [0.25, 0.3) is 0 Å². The van der Waals surface area contributed by atoms with Gasteiger partial charge in [0.05, 0.1) is 6.42 Å². The fourth-order valence-electron chi connectivity index (χ4n) is 8.25. The van der Waals surface area contributed by atoms with Gasteiger partial charge in [-0.2, -0.15) is 20.2 Å². The van der Waals surface area contributed by atoms with E-state index in [9.17, 15) is 51.9 Å². The predicted molar refractivity (Wildman–Crippen MR) is 258 cm³/mol. The van der Waals surface area contributed by atoms with Crippen molar-refractivity contribution in [2.75, 3.05) is 12.0 Å². The highest BCUT2D eigenvalue weighted by Gasteiger charge is 2.35. The Morgan fingerprint density at radius 3 is 2.00 bits per heavy atom. The lowest BCUT2D eigenvalue weighted by atomic mass is 9.97. The maximum atomic E-state index is 14.4. The van der Waals surface area contributed by atoms with Crippen molar-refractivity contribution in [3.8, 4) is 5.75 Å². The molecular formula is C47H58N8O13S2. The molecule has 7 atom stereocenters. The molecule has 1 fully saturated rings. The van der Waals surface area contributed by atoms with Gasteiger partial charge >= 0.3 is 16.4 Å². The summed E-state index contributed by atoms with van der Waals surface area (Å²) in [6.45, 7) is 1.25. The first-order valence-corrected chi connectivity index (χ1v) is 25.2. The van der Waals surface area contributed by atoms with E-state index in [4.69, 9.17) is 10.3 Å². The van der Waals surface area contributed by atoms with Crippen LogP contribution in [-0.4, -0.2) is 119 Å². The number of benzene rings is 3. The van der Waals surface area contributed by atoms with E-state index in [1.165, 1.54) is 43.0 Å². The number of carbonyl (C=O) groups is 8. The highest BCUT2D eigenvalue weighted by atomic mass is 32.3. The molecule has 0 bridgehead atoms. The lowest BCUT2D eigenvalue weighted by molar-refractivity contribution is -0.141. The minimum atomic E-state index is -4.76. The van der Waals surface area contributed by atoms with Crippen LogP contribution in [-0.2, 0) is 68.0 Å². The van der Waals surface area contributed by atoms with Crippen molar-refractivity contribution in [3.63, 3.8) is 0 Å². The van der Waals surface area contributed by atoms with Crippen LogP contribution in [0.5, 0.6) is 5.75 Å². The standard InChI is InChI=1S/C47H58N8O13S2/c1-27(56)50-38(22-29-15-17-32(18-16-29)68-70(65,66)67)45(62)52-34-14-8-11-30(34)24-41(57)51-39(23-31-26-49-35-13-7-6-12-33(31)35)46(63)53-36(19-20-69-2)44(61)55-40(25-42(58)59)47(64)54-37(43(48)60)21-28-9-4-3-5-10-28/h3-7,9-10,12-13,15-18,26,30,34,36-40,49H,8,11,14,19-25H2,1-2H3,(H2,48,60)(H,50,56)(H,51,57)(H,52,62)(H,53,63)(H,54,64)(H,55,61)(H,58,59)(H,65,66,67)/t30-,34+,36+,37+,38+,39+,40+/m1/s1. The Kier molecular flexibility index (Phi) is 19.7. The summed E-state index contributed by atoms with van der Waals surface area (Å²) in [6.07, 6.45) is 4.26. The van der Waals surface area contributed by atoms with Gasteiger partial charge in [-0.3, -0.25) is 42.9 Å². The molecule has 1 aromatic heterocycles. The lowest BCUT2D eigenvalue weighted by Gasteiger charge is -2.27. The van der Waals surface area contributed by atoms with E-state index in [1.54, 1.807) is 42.8 Å². The smallest absolute Gasteiger partial charge is 0.446 e. The molecule has 4 aromatic rings. The van der Waals surface area contributed by atoms with Crippen LogP contribution in [0, 0.1) is 5.92 Å². The average molecular weight is 1010 g/mol. The molecule has 0 radical (unpaired) electrons. The number of carboxylic acid groups (broad SMARTS) is 1. The summed E-state index contributed by atoms with van der Waals surface area (Å²) in [7, 11) is -4.76. The Bertz CT molecular complexity index is 2610. The molecule has 0 spiro atoms. The number of nitrogens with one attached hydrogen (secondary N) is 7. The first-order valence-electron chi connectivity index (χ1n) is 22.4. The van der Waals surface area contributed by atoms with Crippen molar-refractivity contribution in [1.82, 2.24) is 36.9 Å². The Hall–Kier alpha value is -6.98. The van der Waals surface area contributed by atoms with E-state index in [-0.39, 0.29) is 43.8 Å². The van der Waals surface area contributed by atoms with Crippen LogP contribution < -0.4 is 41.8 Å². The van der Waals surface area contributed by atoms with Gasteiger partial charge in [0.1, 0.15) is 36.0 Å². The Balaban J connectivity index is 1.30. The van der Waals surface area contributed by atoms with Crippen molar-refractivity contribution in [2.45, 2.75) is 101 Å². The van der Waals surface area contributed by atoms with Crippen LogP contribution in [0.15, 0.2) is 85.1 Å². The molecule has 1 saturated carbocycles. The van der Waals surface area contributed by atoms with Gasteiger partial charge in [0, 0.05) is 55.7 Å². The third-order valence-corrected chi connectivity index (χ3v) is 12.7. The van der Waals surface area contributed by atoms with E-state index in [0.717, 1.165) is 10.9 Å². The number of nitrogens with two attached hydrogens (primary N) is 1. The molecule has 1 aliphatic carbocycles. The number of aromatic amines is 1. The fourth-order valence-corrected chi connectivity index (χ4v) is 9.07. The average Bonchev–Trinajstić information content (AvgIpc) is 3.92. The van der Waals surface area contributed by atoms with Crippen molar-refractivity contribution < 1.29 is 60.6 Å². The lowest BCUT2D eigenvalue weighted by Crippen LogP contribution is -2.59. The topological polar surface area (TPSA) is 334 Å². The van der Waals surface area contributed by atoms with Gasteiger partial charge in [0.2, 0.25) is 41.4 Å². The van der Waals surface area contributed by atoms with E-state index in [1.807, 2.05) is 24.3 Å². The van der Waals surface area contributed by atoms with Gasteiger partial charge in [-0.05, 0) is 72.1 Å². The molecular weight excluding hydrogens is 949 g/mol. The molecule has 0 aliphatic heterocycles. The van der Waals surface area contributed by atoms with Crippen LogP contribution in [0.3, 0.4) is 0 Å². The molecule has 11 N–H and O–H groups in total. The number of hydrogen-bond donors (Lipinski definition) is 10. The molecule has 21 nitrogen and oxygen atoms in total. The van der Waals surface area contributed by atoms with E-state index >= 15 is 0 Å². The maximum absolute atomic E-state index is 14.4. The Labute approximate surface area is 408 Å². The number of amides is 7. The zero-order valence-corrected chi connectivity index (χ0v) is 40.1. The summed E-state index contributed by atoms with van der Waals surface area (Å²) in [6, 6.07) is 14.5. The van der Waals surface area contributed by atoms with E-state index in [2.05, 4.69) is 41.1 Å². The highest BCUT2D eigenvalue weighted by molar-refractivity contribution is 7.98. The first kappa shape index (κ1) is 54.0. The molecule has 0 unspecified atom stereocenters. The van der Waals surface area contributed by atoms with Crippen LogP contribution in [0.1, 0.15) is 62.1 Å². The summed E-state index contributed by atoms with van der Waals surface area (Å²) in [5.74, 6) is -6.66. The minimum absolute atomic E-state index is 0.000252. The number of primary amides is 1. The zero-order valence-electron chi connectivity index (χ0n) is 38.5. The maximum Gasteiger partial charge on any atom is 0.446 e. The number of hydrogen-bond acceptors (Lipinski definition) is 12. The molecule has 23 heteroatoms. The molecule has 1 aliphatic rings. The molecule has 376 valence electrons. The van der Waals surface area contributed by atoms with Gasteiger partial charge in [-0.1, -0.05) is 67.1 Å². The number of aliphatic carboxylic acids is 1. The second-order valence-corrected chi connectivity index (χ2v) is 19.0. The first-order chi connectivity index (χ1) is 33.3. The number of carbonyl (C=O) groups excluding carboxylic acids is 7. The number of fused-ring (bicyclic) bond motifs is 1. The van der Waals surface area contributed by atoms with Crippen LogP contribution >= 0.6 is 11.8 Å². The van der Waals surface area contributed by atoms with Crippen molar-refractivity contribution in [2.24, 2.45) is 11.7 Å². The fraction of sp³-hybridized carbons (Fsp3) is 0.404. The van der Waals surface area contributed by atoms with Crippen LogP contribution in [0.4, 0.5) is 0 Å². The molecule has 0 saturated heterocycles. The summed E-state index contributed by atoms with van der Waals surface area (Å²) < 4.78 is 35.6. The van der Waals surface area contributed by atoms with Crippen molar-refractivity contribution >= 4 is 80.4 Å². The van der Waals surface area contributed by atoms with E-state index < -0.39 is 100 Å². The molecule has 7 amide bonds. The van der Waals surface area contributed by atoms with Crippen molar-refractivity contribution in [1.29, 1.82) is 0 Å².